The van der Waals surface area contributed by atoms with Gasteiger partial charge in [0, 0.05) is 18.7 Å². The summed E-state index contributed by atoms with van der Waals surface area (Å²) < 4.78 is 49.9. The summed E-state index contributed by atoms with van der Waals surface area (Å²) in [7, 11) is -3.11. The van der Waals surface area contributed by atoms with Crippen molar-refractivity contribution in [2.75, 3.05) is 20.3 Å². The van der Waals surface area contributed by atoms with Gasteiger partial charge in [0.2, 0.25) is 0 Å². The van der Waals surface area contributed by atoms with Crippen LogP contribution in [0.1, 0.15) is 64.1 Å². The summed E-state index contributed by atoms with van der Waals surface area (Å²) in [5.74, 6) is 0.211. The largest absolute Gasteiger partial charge is 0.494 e. The number of fused-ring (bicyclic) bond motifs is 2. The van der Waals surface area contributed by atoms with Gasteiger partial charge in [0.05, 0.1) is 41.6 Å². The highest BCUT2D eigenvalue weighted by molar-refractivity contribution is 7.90. The number of sulfonamides is 1. The Morgan fingerprint density at radius 2 is 1.90 bits per heavy atom. The Morgan fingerprint density at radius 3 is 2.56 bits per heavy atom. The summed E-state index contributed by atoms with van der Waals surface area (Å²) in [6, 6.07) is 10.9. The first-order valence-corrected chi connectivity index (χ1v) is 15.2. The first kappa shape index (κ1) is 27.9. The van der Waals surface area contributed by atoms with Crippen LogP contribution in [0.3, 0.4) is 0 Å². The number of amidine groups is 1. The summed E-state index contributed by atoms with van der Waals surface area (Å²) >= 11 is 0. The molecule has 1 N–H and O–H groups in total. The highest BCUT2D eigenvalue weighted by Gasteiger charge is 2.52. The van der Waals surface area contributed by atoms with Gasteiger partial charge in [0.15, 0.2) is 5.84 Å². The molecule has 0 amide bonds. The Bertz CT molecular complexity index is 1720. The van der Waals surface area contributed by atoms with Crippen LogP contribution >= 0.6 is 0 Å². The second-order valence-corrected chi connectivity index (χ2v) is 13.3. The maximum atomic E-state index is 13.2. The molecule has 41 heavy (non-hydrogen) atoms. The van der Waals surface area contributed by atoms with E-state index in [0.717, 1.165) is 35.9 Å². The van der Waals surface area contributed by atoms with Crippen molar-refractivity contribution >= 4 is 45.7 Å². The predicted molar refractivity (Wildman–Crippen MR) is 158 cm³/mol. The van der Waals surface area contributed by atoms with Gasteiger partial charge < -0.3 is 19.0 Å². The molecule has 0 spiro atoms. The number of nitrogens with zero attached hydrogens (tertiary/aromatic N) is 4. The fourth-order valence-corrected chi connectivity index (χ4v) is 6.46. The second kappa shape index (κ2) is 9.93. The van der Waals surface area contributed by atoms with Crippen LogP contribution in [-0.2, 0) is 24.1 Å². The lowest BCUT2D eigenvalue weighted by Crippen LogP contribution is -2.41. The fourth-order valence-electron chi connectivity index (χ4n) is 5.22. The highest BCUT2D eigenvalue weighted by Crippen LogP contribution is 2.37. The number of hydrogen-bond donors (Lipinski definition) is 1. The fraction of sp³-hybridized carbons (Fsp3) is 0.464. The molecule has 13 heteroatoms. The van der Waals surface area contributed by atoms with Gasteiger partial charge in [-0.1, -0.05) is 18.2 Å². The molecule has 3 aromatic rings. The van der Waals surface area contributed by atoms with E-state index in [1.807, 2.05) is 50.5 Å². The van der Waals surface area contributed by atoms with Gasteiger partial charge in [0.25, 0.3) is 10.0 Å². The van der Waals surface area contributed by atoms with Gasteiger partial charge in [0.1, 0.15) is 4.90 Å². The number of benzene rings is 2. The smallest absolute Gasteiger partial charge is 0.399 e. The van der Waals surface area contributed by atoms with Crippen LogP contribution in [0.25, 0.3) is 11.0 Å². The van der Waals surface area contributed by atoms with Crippen LogP contribution in [0, 0.1) is 0 Å². The molecule has 11 nitrogen and oxygen atoms in total. The highest BCUT2D eigenvalue weighted by atomic mass is 32.2. The number of ether oxygens (including phenoxy) is 1. The van der Waals surface area contributed by atoms with E-state index < -0.39 is 28.3 Å². The minimum absolute atomic E-state index is 0.0792. The van der Waals surface area contributed by atoms with Crippen molar-refractivity contribution in [3.8, 4) is 0 Å². The standard InChI is InChI=1S/C28H34BN5O6S/c1-27(2)28(3,4)40-29(39-27)19-10-11-21-24(16-19)41(36,37)32-25(21)33(13-14-38-5)30-17-18-9-12-22-23(15-18)34(26(35)31-22)20-7-6-8-20/h9-12,15-17,20H,6-8,13-14H2,1-5H3,(H,31,35)/b30-17+. The quantitative estimate of drug-likeness (QED) is 0.259. The molecule has 0 bridgehead atoms. The Balaban J connectivity index is 1.32. The molecule has 2 fully saturated rings. The van der Waals surface area contributed by atoms with E-state index in [2.05, 4.69) is 14.5 Å². The number of imidazole rings is 1. The third-order valence-corrected chi connectivity index (χ3v) is 9.84. The molecule has 3 heterocycles. The number of H-pyrrole nitrogens is 1. The molecule has 2 aromatic carbocycles. The van der Waals surface area contributed by atoms with Gasteiger partial charge >= 0.3 is 12.8 Å². The average Bonchev–Trinajstić information content (AvgIpc) is 3.43. The number of aromatic amines is 1. The molecule has 1 aliphatic carbocycles. The number of hydrogen-bond acceptors (Lipinski definition) is 8. The van der Waals surface area contributed by atoms with Crippen molar-refractivity contribution in [1.82, 2.24) is 14.6 Å². The van der Waals surface area contributed by atoms with Gasteiger partial charge in [-0.05, 0) is 76.2 Å². The van der Waals surface area contributed by atoms with Gasteiger partial charge in [-0.15, -0.1) is 4.40 Å². The molecule has 0 unspecified atom stereocenters. The Kier molecular flexibility index (Phi) is 6.76. The van der Waals surface area contributed by atoms with Crippen molar-refractivity contribution in [3.63, 3.8) is 0 Å². The van der Waals surface area contributed by atoms with E-state index in [1.54, 1.807) is 31.5 Å². The Morgan fingerprint density at radius 1 is 1.17 bits per heavy atom. The van der Waals surface area contributed by atoms with Gasteiger partial charge in [-0.2, -0.15) is 13.5 Å². The minimum Gasteiger partial charge on any atom is -0.399 e. The normalized spacial score (nSPS) is 20.9. The van der Waals surface area contributed by atoms with E-state index in [4.69, 9.17) is 14.0 Å². The molecule has 1 saturated carbocycles. The van der Waals surface area contributed by atoms with Crippen molar-refractivity contribution in [3.05, 3.63) is 58.0 Å². The van der Waals surface area contributed by atoms with E-state index in [0.29, 0.717) is 17.6 Å². The molecule has 6 rings (SSSR count). The van der Waals surface area contributed by atoms with Crippen LogP contribution in [0.4, 0.5) is 0 Å². The third kappa shape index (κ3) is 4.84. The Labute approximate surface area is 239 Å². The van der Waals surface area contributed by atoms with Gasteiger partial charge in [-0.3, -0.25) is 4.57 Å². The second-order valence-electron chi connectivity index (χ2n) is 11.8. The molecule has 0 radical (unpaired) electrons. The SMILES string of the molecule is COCCN(/N=C/c1ccc2[nH]c(=O)n(C3CCC3)c2c1)C1=NS(=O)(=O)c2cc(B3OC(C)(C)C(C)(C)O3)ccc21. The maximum absolute atomic E-state index is 13.2. The van der Waals surface area contributed by atoms with Crippen molar-refractivity contribution in [2.45, 2.75) is 69.1 Å². The number of nitrogens with one attached hydrogen (secondary N) is 1. The zero-order chi connectivity index (χ0) is 29.2. The number of rotatable bonds is 7. The van der Waals surface area contributed by atoms with Crippen molar-refractivity contribution in [1.29, 1.82) is 0 Å². The van der Waals surface area contributed by atoms with Crippen LogP contribution in [0.2, 0.25) is 0 Å². The first-order valence-electron chi connectivity index (χ1n) is 13.8. The van der Waals surface area contributed by atoms with E-state index in [9.17, 15) is 13.2 Å². The summed E-state index contributed by atoms with van der Waals surface area (Å²) in [6.45, 7) is 8.37. The summed E-state index contributed by atoms with van der Waals surface area (Å²) in [6.07, 6.45) is 4.73. The number of aromatic nitrogens is 2. The summed E-state index contributed by atoms with van der Waals surface area (Å²) in [5.41, 5.74) is 2.19. The van der Waals surface area contributed by atoms with E-state index in [1.165, 1.54) is 5.01 Å². The molecule has 0 atom stereocenters. The molecule has 2 aliphatic heterocycles. The molecule has 1 saturated heterocycles. The third-order valence-electron chi connectivity index (χ3n) is 8.54. The zero-order valence-corrected chi connectivity index (χ0v) is 24.7. The predicted octanol–water partition coefficient (Wildman–Crippen LogP) is 2.79. The molecule has 216 valence electrons. The lowest BCUT2D eigenvalue weighted by molar-refractivity contribution is 0.00578. The molecular weight excluding hydrogens is 545 g/mol. The summed E-state index contributed by atoms with van der Waals surface area (Å²) in [5, 5.41) is 6.15. The van der Waals surface area contributed by atoms with Crippen LogP contribution in [-0.4, -0.2) is 73.6 Å². The Hall–Kier alpha value is -3.26. The molecule has 3 aliphatic rings. The lowest BCUT2D eigenvalue weighted by atomic mass is 9.79. The zero-order valence-electron chi connectivity index (χ0n) is 23.9. The average molecular weight is 579 g/mol. The monoisotopic (exact) mass is 579 g/mol. The lowest BCUT2D eigenvalue weighted by Gasteiger charge is -2.32. The van der Waals surface area contributed by atoms with E-state index in [-0.39, 0.29) is 29.0 Å². The first-order chi connectivity index (χ1) is 19.4. The van der Waals surface area contributed by atoms with Crippen LogP contribution in [0.5, 0.6) is 0 Å². The maximum Gasteiger partial charge on any atom is 0.494 e. The molecular formula is C28H34BN5O6S. The van der Waals surface area contributed by atoms with Crippen molar-refractivity contribution in [2.24, 2.45) is 9.50 Å². The number of methoxy groups -OCH3 is 1. The summed E-state index contributed by atoms with van der Waals surface area (Å²) in [4.78, 5) is 15.6. The van der Waals surface area contributed by atoms with Crippen LogP contribution in [0.15, 0.2) is 55.6 Å². The van der Waals surface area contributed by atoms with Crippen molar-refractivity contribution < 1.29 is 22.5 Å². The molecule has 1 aromatic heterocycles. The van der Waals surface area contributed by atoms with Crippen LogP contribution < -0.4 is 11.2 Å². The van der Waals surface area contributed by atoms with E-state index >= 15 is 0 Å². The number of hydrazone groups is 1. The minimum atomic E-state index is -3.98. The van der Waals surface area contributed by atoms with Gasteiger partial charge in [-0.25, -0.2) is 9.80 Å². The topological polar surface area (TPSA) is 128 Å².